The van der Waals surface area contributed by atoms with Crippen LogP contribution in [0.4, 0.5) is 0 Å². The van der Waals surface area contributed by atoms with Crippen LogP contribution in [0.15, 0.2) is 162 Å². The second-order valence-corrected chi connectivity index (χ2v) is 10.7. The van der Waals surface area contributed by atoms with Crippen molar-refractivity contribution in [3.63, 3.8) is 0 Å². The number of furan rings is 1. The maximum atomic E-state index is 9.22. The minimum Gasteiger partial charge on any atom is -0.456 e. The van der Waals surface area contributed by atoms with Crippen LogP contribution in [0.25, 0.3) is 76.5 Å². The first-order valence-corrected chi connectivity index (χ1v) is 14.2. The monoisotopic (exact) mass is 573 g/mol. The van der Waals surface area contributed by atoms with Gasteiger partial charge in [0.25, 0.3) is 0 Å². The molecule has 0 fully saturated rings. The van der Waals surface area contributed by atoms with Crippen LogP contribution in [0.1, 0.15) is 28.9 Å². The Labute approximate surface area is 273 Å². The molecule has 1 nitrogen and oxygen atoms in total. The Morgan fingerprint density at radius 2 is 1.16 bits per heavy atom. The quantitative estimate of drug-likeness (QED) is 0.191. The number of benzene rings is 8. The number of rotatable bonds is 4. The summed E-state index contributed by atoms with van der Waals surface area (Å²) in [6.45, 7) is 0. The molecule has 8 aromatic carbocycles. The van der Waals surface area contributed by atoms with Gasteiger partial charge in [-0.3, -0.25) is 0 Å². The maximum absolute atomic E-state index is 9.22. The summed E-state index contributed by atoms with van der Waals surface area (Å²) in [6.07, 6.45) is -0.491. The molecule has 206 valence electrons. The topological polar surface area (TPSA) is 13.1 Å². The maximum Gasteiger partial charge on any atom is 0.136 e. The molecule has 0 aliphatic heterocycles. The van der Waals surface area contributed by atoms with E-state index in [1.165, 1.54) is 0 Å². The van der Waals surface area contributed by atoms with E-state index in [0.29, 0.717) is 16.7 Å². The molecule has 0 bridgehead atoms. The lowest BCUT2D eigenvalue weighted by atomic mass is 9.86. The number of hydrogen-bond donors (Lipinski definition) is 0. The summed E-state index contributed by atoms with van der Waals surface area (Å²) in [6, 6.07) is 18.2. The normalized spacial score (nSPS) is 15.9. The van der Waals surface area contributed by atoms with Crippen molar-refractivity contribution in [2.75, 3.05) is 0 Å². The minimum atomic E-state index is -0.617. The molecular weight excluding hydrogens is 532 g/mol. The van der Waals surface area contributed by atoms with E-state index in [-0.39, 0.29) is 38.2 Å². The van der Waals surface area contributed by atoms with E-state index in [0.717, 1.165) is 32.7 Å². The summed E-state index contributed by atoms with van der Waals surface area (Å²) in [5, 5.41) is 3.50. The van der Waals surface area contributed by atoms with Gasteiger partial charge in [0, 0.05) is 10.8 Å². The van der Waals surface area contributed by atoms with Crippen LogP contribution in [0.3, 0.4) is 0 Å². The van der Waals surface area contributed by atoms with Gasteiger partial charge in [-0.25, -0.2) is 0 Å². The van der Waals surface area contributed by atoms with E-state index < -0.39 is 85.0 Å². The zero-order valence-corrected chi connectivity index (χ0v) is 23.1. The third kappa shape index (κ3) is 3.94. The SMILES string of the molecule is [2H]c1c([2H])c([2H])c(Cc2c3c([2H])c([2H])c([2H])c([2H])c3c(-c3ccc4c(c3)oc3ccc(-c5cccc6ccccc56)cc34)c3c([2H])c([2H])c([2H])c([2H])c23)c([2H])c1[2H]. The van der Waals surface area contributed by atoms with Gasteiger partial charge >= 0.3 is 0 Å². The molecule has 0 saturated heterocycles. The van der Waals surface area contributed by atoms with Crippen molar-refractivity contribution < 1.29 is 22.2 Å². The third-order valence-corrected chi connectivity index (χ3v) is 8.24. The highest BCUT2D eigenvalue weighted by atomic mass is 16.3. The molecule has 0 atom stereocenters. The van der Waals surface area contributed by atoms with Crippen LogP contribution in [-0.2, 0) is 6.42 Å². The summed E-state index contributed by atoms with van der Waals surface area (Å²) in [4.78, 5) is 0. The summed E-state index contributed by atoms with van der Waals surface area (Å²) < 4.78 is 120. The molecule has 0 unspecified atom stereocenters. The predicted molar refractivity (Wildman–Crippen MR) is 186 cm³/mol. The Kier molecular flexibility index (Phi) is 3.44. The van der Waals surface area contributed by atoms with Crippen molar-refractivity contribution in [2.24, 2.45) is 0 Å². The molecule has 0 N–H and O–H groups in total. The van der Waals surface area contributed by atoms with Crippen LogP contribution < -0.4 is 0 Å². The Hall–Kier alpha value is -5.66. The molecule has 0 saturated carbocycles. The molecule has 0 amide bonds. The first-order chi connectivity index (χ1) is 27.2. The van der Waals surface area contributed by atoms with E-state index in [1.54, 1.807) is 12.1 Å². The minimum absolute atomic E-state index is 0.0212. The van der Waals surface area contributed by atoms with Gasteiger partial charge in [0.2, 0.25) is 0 Å². The Balaban J connectivity index is 1.37. The Bertz CT molecular complexity index is 3140. The smallest absolute Gasteiger partial charge is 0.136 e. The fourth-order valence-electron chi connectivity index (χ4n) is 6.29. The van der Waals surface area contributed by atoms with E-state index in [9.17, 15) is 2.74 Å². The molecule has 9 aromatic rings. The zero-order valence-electron chi connectivity index (χ0n) is 36.1. The average molecular weight is 574 g/mol. The summed E-state index contributed by atoms with van der Waals surface area (Å²) in [7, 11) is 0. The van der Waals surface area contributed by atoms with Crippen LogP contribution in [0.5, 0.6) is 0 Å². The molecule has 44 heavy (non-hydrogen) atoms. The van der Waals surface area contributed by atoms with Gasteiger partial charge in [0.15, 0.2) is 0 Å². The van der Waals surface area contributed by atoms with E-state index in [1.807, 2.05) is 42.5 Å². The second kappa shape index (κ2) is 9.97. The lowest BCUT2D eigenvalue weighted by Crippen LogP contribution is -1.95. The van der Waals surface area contributed by atoms with Gasteiger partial charge in [-0.15, -0.1) is 0 Å². The third-order valence-electron chi connectivity index (χ3n) is 8.24. The fraction of sp³-hybridized carbons (Fsp3) is 0.0233. The molecule has 0 radical (unpaired) electrons. The highest BCUT2D eigenvalue weighted by molar-refractivity contribution is 6.16. The standard InChI is InChI=1S/C43H28O/c1-2-11-28(12-3-1)25-39-34-16-6-8-18-37(34)43(38-19-9-7-17-35(38)39)31-21-23-36-40-26-30(22-24-41(40)44-42(36)27-31)33-20-10-14-29-13-4-5-15-32(29)33/h1-24,26-27H,25H2/i1D,2D,3D,6D,7D,8D,9D,11D,12D,16D,17D,18D,19D. The molecule has 1 heteroatoms. The number of fused-ring (bicyclic) bond motifs is 6. The lowest BCUT2D eigenvalue weighted by Gasteiger charge is -2.17. The first kappa shape index (κ1) is 15.2. The first-order valence-electron chi connectivity index (χ1n) is 20.7. The van der Waals surface area contributed by atoms with Crippen molar-refractivity contribution in [3.8, 4) is 22.3 Å². The summed E-state index contributed by atoms with van der Waals surface area (Å²) in [5.41, 5.74) is 3.31. The van der Waals surface area contributed by atoms with Crippen LogP contribution >= 0.6 is 0 Å². The van der Waals surface area contributed by atoms with Crippen molar-refractivity contribution in [3.05, 3.63) is 169 Å². The molecule has 0 spiro atoms. The van der Waals surface area contributed by atoms with Gasteiger partial charge in [-0.05, 0) is 96.4 Å². The fourth-order valence-corrected chi connectivity index (χ4v) is 6.29. The van der Waals surface area contributed by atoms with E-state index in [2.05, 4.69) is 24.3 Å². The van der Waals surface area contributed by atoms with Gasteiger partial charge < -0.3 is 4.42 Å². The van der Waals surface area contributed by atoms with E-state index in [4.69, 9.17) is 19.5 Å². The molecule has 0 aliphatic rings. The molecular formula is C43H28O. The Morgan fingerprint density at radius 1 is 0.477 bits per heavy atom. The van der Waals surface area contributed by atoms with Crippen LogP contribution in [0, 0.1) is 0 Å². The van der Waals surface area contributed by atoms with Gasteiger partial charge in [-0.2, -0.15) is 0 Å². The lowest BCUT2D eigenvalue weighted by molar-refractivity contribution is 0.669. The van der Waals surface area contributed by atoms with Crippen molar-refractivity contribution >= 4 is 54.3 Å². The number of hydrogen-bond acceptors (Lipinski definition) is 1. The van der Waals surface area contributed by atoms with Crippen molar-refractivity contribution in [1.82, 2.24) is 0 Å². The van der Waals surface area contributed by atoms with Crippen molar-refractivity contribution in [1.29, 1.82) is 0 Å². The van der Waals surface area contributed by atoms with E-state index >= 15 is 0 Å². The molecule has 0 aliphatic carbocycles. The van der Waals surface area contributed by atoms with Gasteiger partial charge in [-0.1, -0.05) is 133 Å². The van der Waals surface area contributed by atoms with Gasteiger partial charge in [0.05, 0.1) is 17.8 Å². The molecule has 1 aromatic heterocycles. The highest BCUT2D eigenvalue weighted by Gasteiger charge is 2.17. The summed E-state index contributed by atoms with van der Waals surface area (Å²) in [5.74, 6) is 0. The zero-order chi connectivity index (χ0) is 40.3. The van der Waals surface area contributed by atoms with Crippen molar-refractivity contribution in [2.45, 2.75) is 6.42 Å². The summed E-state index contributed by atoms with van der Waals surface area (Å²) >= 11 is 0. The molecule has 1 heterocycles. The Morgan fingerprint density at radius 3 is 1.95 bits per heavy atom. The average Bonchev–Trinajstić information content (AvgIpc) is 3.59. The van der Waals surface area contributed by atoms with Crippen LogP contribution in [-0.4, -0.2) is 0 Å². The largest absolute Gasteiger partial charge is 0.456 e. The second-order valence-electron chi connectivity index (χ2n) is 10.7. The molecule has 9 rings (SSSR count). The predicted octanol–water partition coefficient (Wildman–Crippen LogP) is 12.0. The highest BCUT2D eigenvalue weighted by Crippen LogP contribution is 2.42. The van der Waals surface area contributed by atoms with Crippen LogP contribution in [0.2, 0.25) is 0 Å². The van der Waals surface area contributed by atoms with Gasteiger partial charge in [0.1, 0.15) is 11.2 Å².